The van der Waals surface area contributed by atoms with E-state index >= 15 is 0 Å². The van der Waals surface area contributed by atoms with E-state index in [1.807, 2.05) is 6.07 Å². The lowest BCUT2D eigenvalue weighted by Crippen LogP contribution is -2.20. The molecule has 0 amide bonds. The van der Waals surface area contributed by atoms with Gasteiger partial charge < -0.3 is 9.52 Å². The fourth-order valence-corrected chi connectivity index (χ4v) is 5.85. The first kappa shape index (κ1) is 22.3. The highest BCUT2D eigenvalue weighted by molar-refractivity contribution is 9.11. The number of hydrogen-bond acceptors (Lipinski definition) is 5. The SMILES string of the molecule is O=c1c2ccccc2nc(-c2cc3cc(Cl)ccc3o2)n1N=Cc1c(Br)cc(Br)c(O)c1Br. The van der Waals surface area contributed by atoms with Crippen LogP contribution in [0.25, 0.3) is 33.5 Å². The van der Waals surface area contributed by atoms with Crippen molar-refractivity contribution in [2.75, 3.05) is 0 Å². The predicted octanol–water partition coefficient (Wildman–Crippen LogP) is 7.34. The summed E-state index contributed by atoms with van der Waals surface area (Å²) in [5, 5.41) is 16.4. The standard InChI is InChI=1S/C23H11Br3ClN3O3/c24-15-9-16(25)21(31)20(26)14(15)10-28-30-22(29-17-4-2-1-3-13(17)23(30)32)19-8-11-7-12(27)5-6-18(11)33-19/h1-10,31H. The molecule has 2 heterocycles. The van der Waals surface area contributed by atoms with E-state index in [1.165, 1.54) is 10.9 Å². The van der Waals surface area contributed by atoms with E-state index in [4.69, 9.17) is 16.0 Å². The number of aromatic hydroxyl groups is 1. The first-order chi connectivity index (χ1) is 15.8. The summed E-state index contributed by atoms with van der Waals surface area (Å²) in [7, 11) is 0. The van der Waals surface area contributed by atoms with Crippen molar-refractivity contribution in [3.63, 3.8) is 0 Å². The van der Waals surface area contributed by atoms with Gasteiger partial charge in [-0.1, -0.05) is 39.7 Å². The van der Waals surface area contributed by atoms with Gasteiger partial charge in [0, 0.05) is 20.4 Å². The molecule has 6 nitrogen and oxygen atoms in total. The molecule has 0 unspecified atom stereocenters. The minimum atomic E-state index is -0.362. The Kier molecular flexibility index (Phi) is 5.90. The van der Waals surface area contributed by atoms with Gasteiger partial charge in [-0.2, -0.15) is 9.78 Å². The van der Waals surface area contributed by atoms with E-state index < -0.39 is 0 Å². The maximum Gasteiger partial charge on any atom is 0.282 e. The minimum Gasteiger partial charge on any atom is -0.506 e. The van der Waals surface area contributed by atoms with Crippen LogP contribution in [0.1, 0.15) is 5.56 Å². The summed E-state index contributed by atoms with van der Waals surface area (Å²) in [5.41, 5.74) is 1.30. The molecule has 0 aliphatic rings. The Bertz CT molecular complexity index is 1660. The number of rotatable bonds is 3. The number of hydrogen-bond donors (Lipinski definition) is 1. The van der Waals surface area contributed by atoms with Crippen molar-refractivity contribution in [1.29, 1.82) is 0 Å². The average molecular weight is 653 g/mol. The van der Waals surface area contributed by atoms with Crippen LogP contribution in [0.5, 0.6) is 5.75 Å². The Morgan fingerprint density at radius 2 is 1.85 bits per heavy atom. The van der Waals surface area contributed by atoms with Crippen molar-refractivity contribution in [2.45, 2.75) is 0 Å². The predicted molar refractivity (Wildman–Crippen MR) is 140 cm³/mol. The molecule has 0 saturated heterocycles. The molecule has 0 aliphatic heterocycles. The summed E-state index contributed by atoms with van der Waals surface area (Å²) >= 11 is 16.2. The van der Waals surface area contributed by atoms with Crippen LogP contribution in [-0.2, 0) is 0 Å². The normalized spacial score (nSPS) is 11.8. The fraction of sp³-hybridized carbons (Fsp3) is 0. The molecule has 10 heteroatoms. The van der Waals surface area contributed by atoms with Gasteiger partial charge in [0.1, 0.15) is 11.3 Å². The van der Waals surface area contributed by atoms with Gasteiger partial charge in [-0.3, -0.25) is 4.79 Å². The third-order valence-electron chi connectivity index (χ3n) is 4.94. The number of halogens is 4. The largest absolute Gasteiger partial charge is 0.506 e. The zero-order valence-electron chi connectivity index (χ0n) is 16.4. The van der Waals surface area contributed by atoms with Crippen molar-refractivity contribution in [2.24, 2.45) is 5.10 Å². The molecule has 0 fully saturated rings. The number of para-hydroxylation sites is 1. The summed E-state index contributed by atoms with van der Waals surface area (Å²) in [5.74, 6) is 0.609. The van der Waals surface area contributed by atoms with E-state index in [1.54, 1.807) is 48.5 Å². The highest BCUT2D eigenvalue weighted by Gasteiger charge is 2.17. The van der Waals surface area contributed by atoms with E-state index in [2.05, 4.69) is 57.9 Å². The van der Waals surface area contributed by atoms with Gasteiger partial charge in [-0.15, -0.1) is 0 Å². The number of nitrogens with zero attached hydrogens (tertiary/aromatic N) is 3. The zero-order chi connectivity index (χ0) is 23.3. The smallest absolute Gasteiger partial charge is 0.282 e. The summed E-state index contributed by atoms with van der Waals surface area (Å²) in [4.78, 5) is 18.0. The second-order valence-electron chi connectivity index (χ2n) is 7.02. The summed E-state index contributed by atoms with van der Waals surface area (Å²) in [6.45, 7) is 0. The molecule has 0 bridgehead atoms. The molecule has 0 atom stereocenters. The quantitative estimate of drug-likeness (QED) is 0.207. The number of aromatic nitrogens is 2. The van der Waals surface area contributed by atoms with Crippen molar-refractivity contribution < 1.29 is 9.52 Å². The summed E-state index contributed by atoms with van der Waals surface area (Å²) in [6.07, 6.45) is 1.46. The molecule has 164 valence electrons. The Hall–Kier alpha value is -2.46. The van der Waals surface area contributed by atoms with Crippen LogP contribution in [0, 0.1) is 0 Å². The lowest BCUT2D eigenvalue weighted by Gasteiger charge is -2.09. The van der Waals surface area contributed by atoms with Crippen LogP contribution in [0.4, 0.5) is 0 Å². The van der Waals surface area contributed by atoms with Gasteiger partial charge in [0.05, 0.1) is 26.1 Å². The van der Waals surface area contributed by atoms with Gasteiger partial charge in [-0.05, 0) is 74.3 Å². The molecule has 0 saturated carbocycles. The molecule has 0 spiro atoms. The van der Waals surface area contributed by atoms with Crippen LogP contribution in [0.3, 0.4) is 0 Å². The van der Waals surface area contributed by atoms with E-state index in [9.17, 15) is 9.90 Å². The van der Waals surface area contributed by atoms with Crippen molar-refractivity contribution >= 4 is 87.5 Å². The lowest BCUT2D eigenvalue weighted by molar-refractivity contribution is 0.468. The van der Waals surface area contributed by atoms with Crippen molar-refractivity contribution in [1.82, 2.24) is 9.66 Å². The first-order valence-corrected chi connectivity index (χ1v) is 12.2. The maximum atomic E-state index is 13.4. The van der Waals surface area contributed by atoms with Crippen LogP contribution in [0.15, 0.2) is 82.3 Å². The Balaban J connectivity index is 1.76. The highest BCUT2D eigenvalue weighted by atomic mass is 79.9. The second kappa shape index (κ2) is 8.72. The van der Waals surface area contributed by atoms with Crippen LogP contribution in [0.2, 0.25) is 5.02 Å². The molecular weight excluding hydrogens is 641 g/mol. The van der Waals surface area contributed by atoms with E-state index in [0.29, 0.717) is 46.3 Å². The molecule has 5 aromatic rings. The number of phenolic OH excluding ortho intramolecular Hbond substituents is 1. The second-order valence-corrected chi connectivity index (χ2v) is 9.96. The minimum absolute atomic E-state index is 0.0121. The number of benzene rings is 3. The van der Waals surface area contributed by atoms with Crippen LogP contribution in [-0.4, -0.2) is 21.0 Å². The third-order valence-corrected chi connectivity index (χ3v) is 7.23. The first-order valence-electron chi connectivity index (χ1n) is 9.45. The van der Waals surface area contributed by atoms with E-state index in [-0.39, 0.29) is 17.1 Å². The molecule has 33 heavy (non-hydrogen) atoms. The lowest BCUT2D eigenvalue weighted by atomic mass is 10.2. The highest BCUT2D eigenvalue weighted by Crippen LogP contribution is 2.38. The topological polar surface area (TPSA) is 80.6 Å². The van der Waals surface area contributed by atoms with Crippen LogP contribution < -0.4 is 5.56 Å². The van der Waals surface area contributed by atoms with Gasteiger partial charge >= 0.3 is 0 Å². The molecule has 5 rings (SSSR count). The molecular formula is C23H11Br3ClN3O3. The van der Waals surface area contributed by atoms with Gasteiger partial charge in [0.15, 0.2) is 5.76 Å². The molecule has 2 aromatic heterocycles. The molecule has 3 aromatic carbocycles. The zero-order valence-corrected chi connectivity index (χ0v) is 21.9. The number of furan rings is 1. The summed E-state index contributed by atoms with van der Waals surface area (Å²) < 4.78 is 8.72. The fourth-order valence-electron chi connectivity index (χ4n) is 3.34. The van der Waals surface area contributed by atoms with Crippen molar-refractivity contribution in [3.05, 3.63) is 89.0 Å². The van der Waals surface area contributed by atoms with Gasteiger partial charge in [-0.25, -0.2) is 4.98 Å². The molecule has 0 radical (unpaired) electrons. The number of phenols is 1. The monoisotopic (exact) mass is 649 g/mol. The Labute approximate surface area is 216 Å². The Morgan fingerprint density at radius 1 is 1.06 bits per heavy atom. The van der Waals surface area contributed by atoms with Gasteiger partial charge in [0.25, 0.3) is 5.56 Å². The van der Waals surface area contributed by atoms with Gasteiger partial charge in [0.2, 0.25) is 5.82 Å². The van der Waals surface area contributed by atoms with Crippen LogP contribution >= 0.6 is 59.4 Å². The Morgan fingerprint density at radius 3 is 2.67 bits per heavy atom. The van der Waals surface area contributed by atoms with E-state index in [0.717, 1.165) is 5.39 Å². The molecule has 1 N–H and O–H groups in total. The number of fused-ring (bicyclic) bond motifs is 2. The molecule has 0 aliphatic carbocycles. The van der Waals surface area contributed by atoms with Crippen molar-refractivity contribution in [3.8, 4) is 17.3 Å². The third kappa shape index (κ3) is 4.03. The maximum absolute atomic E-state index is 13.4. The summed E-state index contributed by atoms with van der Waals surface area (Å²) in [6, 6.07) is 15.7. The average Bonchev–Trinajstić information content (AvgIpc) is 3.21.